The van der Waals surface area contributed by atoms with Crippen LogP contribution in [0.3, 0.4) is 0 Å². The summed E-state index contributed by atoms with van der Waals surface area (Å²) in [6.07, 6.45) is 13.3. The Morgan fingerprint density at radius 3 is 1.74 bits per heavy atom. The zero-order valence-electron chi connectivity index (χ0n) is 12.3. The third kappa shape index (κ3) is 18.4. The number of hydrogen-bond donors (Lipinski definition) is 1. The molecule has 0 spiro atoms. The summed E-state index contributed by atoms with van der Waals surface area (Å²) in [5, 5.41) is 8.60. The number of carboxylic acids is 1. The molecule has 0 fully saturated rings. The normalized spacial score (nSPS) is 10.5. The molecule has 0 atom stereocenters. The molecule has 0 saturated heterocycles. The molecule has 0 radical (unpaired) electrons. The first-order valence-corrected chi connectivity index (χ1v) is 7.57. The van der Waals surface area contributed by atoms with Crippen LogP contribution in [0.25, 0.3) is 0 Å². The van der Waals surface area contributed by atoms with Crippen molar-refractivity contribution in [2.24, 2.45) is 0 Å². The molecule has 0 aromatic heterocycles. The van der Waals surface area contributed by atoms with Crippen molar-refractivity contribution < 1.29 is 9.90 Å². The minimum absolute atomic E-state index is 0. The Bertz CT molecular complexity index is 201. The van der Waals surface area contributed by atoms with Crippen LogP contribution in [-0.2, 0) is 4.79 Å². The number of unbranched alkanes of at least 4 members (excludes halogenated alkanes) is 9. The molecular weight excluding hydrogens is 249 g/mol. The predicted octanol–water partition coefficient (Wildman–Crippen LogP) is 3.28. The van der Waals surface area contributed by atoms with Crippen molar-refractivity contribution >= 4 is 35.5 Å². The molecule has 0 bridgehead atoms. The molecule has 0 amide bonds. The quantitative estimate of drug-likeness (QED) is 0.416. The van der Waals surface area contributed by atoms with E-state index in [4.69, 9.17) is 5.11 Å². The van der Waals surface area contributed by atoms with Gasteiger partial charge in [0.2, 0.25) is 0 Å². The molecule has 0 aliphatic heterocycles. The second-order valence-corrected chi connectivity index (χ2v) is 5.31. The zero-order chi connectivity index (χ0) is 13.6. The SMILES string of the molecule is CCCCCCCCCCCCN(C)CC(=O)O.[NaH]. The van der Waals surface area contributed by atoms with Crippen LogP contribution in [0.5, 0.6) is 0 Å². The maximum atomic E-state index is 10.5. The molecule has 0 heterocycles. The summed E-state index contributed by atoms with van der Waals surface area (Å²) < 4.78 is 0. The van der Waals surface area contributed by atoms with Crippen molar-refractivity contribution in [2.75, 3.05) is 20.1 Å². The first-order chi connectivity index (χ1) is 8.66. The molecule has 4 heteroatoms. The van der Waals surface area contributed by atoms with Crippen molar-refractivity contribution in [3.05, 3.63) is 0 Å². The van der Waals surface area contributed by atoms with Gasteiger partial charge in [-0.15, -0.1) is 0 Å². The van der Waals surface area contributed by atoms with E-state index in [-0.39, 0.29) is 36.1 Å². The van der Waals surface area contributed by atoms with Crippen LogP contribution < -0.4 is 0 Å². The standard InChI is InChI=1S/C15H31NO2.Na.H/c1-3-4-5-6-7-8-9-10-11-12-13-16(2)14-15(17)18;;/h3-14H2,1-2H3,(H,17,18);;. The van der Waals surface area contributed by atoms with E-state index in [1.165, 1.54) is 57.8 Å². The third-order valence-electron chi connectivity index (χ3n) is 3.30. The van der Waals surface area contributed by atoms with Gasteiger partial charge in [0, 0.05) is 0 Å². The van der Waals surface area contributed by atoms with Gasteiger partial charge in [-0.3, -0.25) is 9.69 Å². The monoisotopic (exact) mass is 281 g/mol. The summed E-state index contributed by atoms with van der Waals surface area (Å²) in [6.45, 7) is 3.32. The van der Waals surface area contributed by atoms with Gasteiger partial charge < -0.3 is 5.11 Å². The molecule has 0 aliphatic carbocycles. The van der Waals surface area contributed by atoms with Gasteiger partial charge in [0.25, 0.3) is 0 Å². The molecule has 0 saturated carbocycles. The molecule has 0 aromatic carbocycles. The number of aliphatic carboxylic acids is 1. The van der Waals surface area contributed by atoms with Gasteiger partial charge in [-0.1, -0.05) is 64.7 Å². The summed E-state index contributed by atoms with van der Waals surface area (Å²) in [5.41, 5.74) is 0. The molecule has 0 unspecified atom stereocenters. The fraction of sp³-hybridized carbons (Fsp3) is 0.933. The van der Waals surface area contributed by atoms with E-state index in [1.54, 1.807) is 0 Å². The number of nitrogens with zero attached hydrogens (tertiary/aromatic N) is 1. The van der Waals surface area contributed by atoms with E-state index in [9.17, 15) is 4.79 Å². The van der Waals surface area contributed by atoms with Crippen molar-refractivity contribution in [1.29, 1.82) is 0 Å². The van der Waals surface area contributed by atoms with E-state index >= 15 is 0 Å². The molecule has 0 rings (SSSR count). The summed E-state index contributed by atoms with van der Waals surface area (Å²) in [4.78, 5) is 12.3. The van der Waals surface area contributed by atoms with Crippen molar-refractivity contribution in [2.45, 2.75) is 71.1 Å². The van der Waals surface area contributed by atoms with Gasteiger partial charge in [0.1, 0.15) is 0 Å². The molecule has 3 nitrogen and oxygen atoms in total. The summed E-state index contributed by atoms with van der Waals surface area (Å²) >= 11 is 0. The van der Waals surface area contributed by atoms with Crippen LogP contribution in [0.4, 0.5) is 0 Å². The predicted molar refractivity (Wildman–Crippen MR) is 84.1 cm³/mol. The Hall–Kier alpha value is 0.430. The van der Waals surface area contributed by atoms with Crippen molar-refractivity contribution in [1.82, 2.24) is 4.90 Å². The topological polar surface area (TPSA) is 40.5 Å². The molecule has 1 N–H and O–H groups in total. The molecule has 110 valence electrons. The van der Waals surface area contributed by atoms with Crippen molar-refractivity contribution in [3.63, 3.8) is 0 Å². The van der Waals surface area contributed by atoms with Gasteiger partial charge in [0.15, 0.2) is 0 Å². The van der Waals surface area contributed by atoms with E-state index < -0.39 is 5.97 Å². The Morgan fingerprint density at radius 1 is 0.895 bits per heavy atom. The van der Waals surface area contributed by atoms with Crippen molar-refractivity contribution in [3.8, 4) is 0 Å². The first-order valence-electron chi connectivity index (χ1n) is 7.57. The van der Waals surface area contributed by atoms with Crippen LogP contribution in [0.2, 0.25) is 0 Å². The first kappa shape index (κ1) is 21.7. The molecule has 0 aliphatic rings. The number of carbonyl (C=O) groups is 1. The Morgan fingerprint density at radius 2 is 1.32 bits per heavy atom. The maximum absolute atomic E-state index is 10.5. The minimum atomic E-state index is -0.732. The van der Waals surface area contributed by atoms with Gasteiger partial charge >= 0.3 is 35.5 Å². The van der Waals surface area contributed by atoms with Gasteiger partial charge in [-0.05, 0) is 20.0 Å². The van der Waals surface area contributed by atoms with Gasteiger partial charge in [-0.2, -0.15) is 0 Å². The van der Waals surface area contributed by atoms with Crippen LogP contribution in [-0.4, -0.2) is 65.7 Å². The average Bonchev–Trinajstić information content (AvgIpc) is 2.30. The van der Waals surface area contributed by atoms with E-state index in [1.807, 2.05) is 11.9 Å². The summed E-state index contributed by atoms with van der Waals surface area (Å²) in [7, 11) is 1.88. The number of carboxylic acid groups (broad SMARTS) is 1. The van der Waals surface area contributed by atoms with Crippen LogP contribution in [0.1, 0.15) is 71.1 Å². The second kappa shape index (κ2) is 16.5. The summed E-state index contributed by atoms with van der Waals surface area (Å²) in [6, 6.07) is 0. The molecular formula is C15H32NNaO2. The van der Waals surface area contributed by atoms with Crippen LogP contribution in [0, 0.1) is 0 Å². The number of hydrogen-bond acceptors (Lipinski definition) is 2. The van der Waals surface area contributed by atoms with E-state index in [0.717, 1.165) is 13.0 Å². The van der Waals surface area contributed by atoms with E-state index in [2.05, 4.69) is 6.92 Å². The van der Waals surface area contributed by atoms with Gasteiger partial charge in [0.05, 0.1) is 6.54 Å². The molecule has 0 aromatic rings. The Balaban J connectivity index is 0. The Labute approximate surface area is 141 Å². The van der Waals surface area contributed by atoms with E-state index in [0.29, 0.717) is 0 Å². The van der Waals surface area contributed by atoms with Crippen LogP contribution >= 0.6 is 0 Å². The third-order valence-corrected chi connectivity index (χ3v) is 3.30. The Kier molecular flexibility index (Phi) is 18.8. The number of likely N-dealkylation sites (N-methyl/N-ethyl adjacent to an activating group) is 1. The summed E-state index contributed by atoms with van der Waals surface area (Å²) in [5.74, 6) is -0.732. The molecule has 19 heavy (non-hydrogen) atoms. The fourth-order valence-electron chi connectivity index (χ4n) is 2.18. The zero-order valence-corrected chi connectivity index (χ0v) is 12.3. The van der Waals surface area contributed by atoms with Crippen LogP contribution in [0.15, 0.2) is 0 Å². The second-order valence-electron chi connectivity index (χ2n) is 5.31. The van der Waals surface area contributed by atoms with Gasteiger partial charge in [-0.25, -0.2) is 0 Å². The number of rotatable bonds is 13. The average molecular weight is 281 g/mol. The fourth-order valence-corrected chi connectivity index (χ4v) is 2.18.